The zero-order chi connectivity index (χ0) is 12.1. The molecule has 0 fully saturated rings. The van der Waals surface area contributed by atoms with Crippen LogP contribution in [0.2, 0.25) is 0 Å². The highest BCUT2D eigenvalue weighted by Gasteiger charge is 2.18. The topological polar surface area (TPSA) is 76.0 Å². The molecule has 0 spiro atoms. The molecule has 1 heterocycles. The number of imide groups is 1. The highest BCUT2D eigenvalue weighted by atomic mass is 32.2. The van der Waals surface area contributed by atoms with E-state index in [0.29, 0.717) is 0 Å². The molecule has 2 N–H and O–H groups in total. The van der Waals surface area contributed by atoms with Gasteiger partial charge in [0, 0.05) is 26.5 Å². The molecule has 7 heteroatoms. The maximum absolute atomic E-state index is 11.5. The third-order valence-corrected chi connectivity index (χ3v) is 3.06. The zero-order valence-electron chi connectivity index (χ0n) is 9.35. The lowest BCUT2D eigenvalue weighted by Crippen LogP contribution is -2.41. The van der Waals surface area contributed by atoms with Crippen LogP contribution in [0, 0.1) is 0 Å². The Labute approximate surface area is 97.8 Å². The second-order valence-electron chi connectivity index (χ2n) is 3.15. The molecule has 88 valence electrons. The standard InChI is InChI=1S/C9H14N4O2S/c1-6(7(14)12-8(15)10-2)16-9-11-4-5-13(9)3/h4-6H,1-3H3,(H2,10,12,14,15)/t6-/m1/s1. The Morgan fingerprint density at radius 1 is 1.56 bits per heavy atom. The number of imidazole rings is 1. The summed E-state index contributed by atoms with van der Waals surface area (Å²) in [7, 11) is 3.30. The molecule has 1 aromatic rings. The highest BCUT2D eigenvalue weighted by Crippen LogP contribution is 2.20. The molecule has 0 saturated carbocycles. The van der Waals surface area contributed by atoms with Crippen molar-refractivity contribution in [2.75, 3.05) is 7.05 Å². The van der Waals surface area contributed by atoms with Gasteiger partial charge in [-0.05, 0) is 6.92 Å². The number of amides is 3. The first-order chi connectivity index (χ1) is 7.54. The summed E-state index contributed by atoms with van der Waals surface area (Å²) >= 11 is 1.30. The minimum absolute atomic E-state index is 0.340. The summed E-state index contributed by atoms with van der Waals surface area (Å²) in [4.78, 5) is 26.5. The molecule has 0 aliphatic heterocycles. The summed E-state index contributed by atoms with van der Waals surface area (Å²) < 4.78 is 1.81. The van der Waals surface area contributed by atoms with Crippen LogP contribution in [0.15, 0.2) is 17.6 Å². The van der Waals surface area contributed by atoms with Crippen LogP contribution in [0.4, 0.5) is 4.79 Å². The second-order valence-corrected chi connectivity index (χ2v) is 4.46. The van der Waals surface area contributed by atoms with Crippen molar-refractivity contribution in [1.29, 1.82) is 0 Å². The number of carbonyl (C=O) groups excluding carboxylic acids is 2. The highest BCUT2D eigenvalue weighted by molar-refractivity contribution is 8.00. The van der Waals surface area contributed by atoms with Gasteiger partial charge in [0.25, 0.3) is 0 Å². The Kier molecular flexibility index (Phi) is 4.36. The van der Waals surface area contributed by atoms with Gasteiger partial charge in [-0.25, -0.2) is 9.78 Å². The van der Waals surface area contributed by atoms with E-state index in [-0.39, 0.29) is 11.2 Å². The molecule has 1 rings (SSSR count). The summed E-state index contributed by atoms with van der Waals surface area (Å²) in [5, 5.41) is 4.89. The van der Waals surface area contributed by atoms with Crippen LogP contribution in [0.1, 0.15) is 6.92 Å². The molecular weight excluding hydrogens is 228 g/mol. The average molecular weight is 242 g/mol. The van der Waals surface area contributed by atoms with Crippen LogP contribution in [0.5, 0.6) is 0 Å². The molecule has 16 heavy (non-hydrogen) atoms. The first-order valence-corrected chi connectivity index (χ1v) is 5.59. The molecule has 1 atom stereocenters. The number of hydrogen-bond donors (Lipinski definition) is 2. The van der Waals surface area contributed by atoms with Gasteiger partial charge in [-0.15, -0.1) is 0 Å². The Morgan fingerprint density at radius 2 is 2.25 bits per heavy atom. The summed E-state index contributed by atoms with van der Waals surface area (Å²) in [6, 6.07) is -0.503. The van der Waals surface area contributed by atoms with Crippen LogP contribution in [0.25, 0.3) is 0 Å². The monoisotopic (exact) mass is 242 g/mol. The number of aromatic nitrogens is 2. The van der Waals surface area contributed by atoms with E-state index in [1.807, 2.05) is 11.6 Å². The first-order valence-electron chi connectivity index (χ1n) is 4.71. The molecule has 0 saturated heterocycles. The van der Waals surface area contributed by atoms with Gasteiger partial charge in [0.15, 0.2) is 5.16 Å². The second kappa shape index (κ2) is 5.55. The zero-order valence-corrected chi connectivity index (χ0v) is 10.2. The van der Waals surface area contributed by atoms with Crippen LogP contribution >= 0.6 is 11.8 Å². The van der Waals surface area contributed by atoms with Gasteiger partial charge < -0.3 is 9.88 Å². The molecule has 3 amide bonds. The van der Waals surface area contributed by atoms with E-state index in [1.54, 1.807) is 19.3 Å². The van der Waals surface area contributed by atoms with E-state index in [1.165, 1.54) is 18.8 Å². The van der Waals surface area contributed by atoms with Crippen LogP contribution in [-0.2, 0) is 11.8 Å². The van der Waals surface area contributed by atoms with E-state index in [4.69, 9.17) is 0 Å². The number of rotatable bonds is 3. The Balaban J connectivity index is 2.52. The number of nitrogens with zero attached hydrogens (tertiary/aromatic N) is 2. The van der Waals surface area contributed by atoms with Gasteiger partial charge in [-0.2, -0.15) is 0 Å². The van der Waals surface area contributed by atoms with E-state index < -0.39 is 6.03 Å². The van der Waals surface area contributed by atoms with Gasteiger partial charge in [0.1, 0.15) is 0 Å². The minimum Gasteiger partial charge on any atom is -0.341 e. The lowest BCUT2D eigenvalue weighted by molar-refractivity contribution is -0.119. The molecule has 0 aromatic carbocycles. The number of nitrogens with one attached hydrogen (secondary N) is 2. The Hall–Kier alpha value is -1.50. The number of hydrogen-bond acceptors (Lipinski definition) is 4. The third kappa shape index (κ3) is 3.27. The minimum atomic E-state index is -0.503. The molecular formula is C9H14N4O2S. The van der Waals surface area contributed by atoms with Gasteiger partial charge >= 0.3 is 6.03 Å². The fourth-order valence-corrected chi connectivity index (χ4v) is 1.78. The summed E-state index contributed by atoms with van der Waals surface area (Å²) in [5.74, 6) is -0.340. The van der Waals surface area contributed by atoms with Crippen molar-refractivity contribution < 1.29 is 9.59 Å². The number of thioether (sulfide) groups is 1. The Morgan fingerprint density at radius 3 is 2.75 bits per heavy atom. The fourth-order valence-electron chi connectivity index (χ4n) is 0.953. The fraction of sp³-hybridized carbons (Fsp3) is 0.444. The normalized spacial score (nSPS) is 11.9. The van der Waals surface area contributed by atoms with Crippen LogP contribution in [-0.4, -0.2) is 33.8 Å². The van der Waals surface area contributed by atoms with Crippen molar-refractivity contribution in [2.45, 2.75) is 17.3 Å². The molecule has 6 nitrogen and oxygen atoms in total. The summed E-state index contributed by atoms with van der Waals surface area (Å²) in [5.41, 5.74) is 0. The van der Waals surface area contributed by atoms with Gasteiger partial charge in [0.05, 0.1) is 5.25 Å². The lowest BCUT2D eigenvalue weighted by Gasteiger charge is -2.10. The van der Waals surface area contributed by atoms with Gasteiger partial charge in [0.2, 0.25) is 5.91 Å². The van der Waals surface area contributed by atoms with Crippen molar-refractivity contribution in [1.82, 2.24) is 20.2 Å². The van der Waals surface area contributed by atoms with Crippen molar-refractivity contribution in [2.24, 2.45) is 7.05 Å². The van der Waals surface area contributed by atoms with E-state index >= 15 is 0 Å². The number of urea groups is 1. The van der Waals surface area contributed by atoms with E-state index in [2.05, 4.69) is 15.6 Å². The van der Waals surface area contributed by atoms with Crippen molar-refractivity contribution in [3.05, 3.63) is 12.4 Å². The first kappa shape index (κ1) is 12.6. The number of aryl methyl sites for hydroxylation is 1. The molecule has 0 bridgehead atoms. The molecule has 1 aromatic heterocycles. The molecule has 0 aliphatic carbocycles. The summed E-state index contributed by atoms with van der Waals surface area (Å²) in [6.45, 7) is 1.72. The van der Waals surface area contributed by atoms with Gasteiger partial charge in [-0.3, -0.25) is 10.1 Å². The van der Waals surface area contributed by atoms with E-state index in [9.17, 15) is 9.59 Å². The maximum Gasteiger partial charge on any atom is 0.321 e. The van der Waals surface area contributed by atoms with Crippen molar-refractivity contribution in [3.8, 4) is 0 Å². The van der Waals surface area contributed by atoms with Crippen molar-refractivity contribution in [3.63, 3.8) is 0 Å². The van der Waals surface area contributed by atoms with Crippen molar-refractivity contribution >= 4 is 23.7 Å². The molecule has 0 unspecified atom stereocenters. The Bertz CT molecular complexity index is 391. The predicted molar refractivity (Wildman–Crippen MR) is 61.1 cm³/mol. The van der Waals surface area contributed by atoms with Gasteiger partial charge in [-0.1, -0.05) is 11.8 Å². The quantitative estimate of drug-likeness (QED) is 0.750. The third-order valence-electron chi connectivity index (χ3n) is 1.89. The maximum atomic E-state index is 11.5. The van der Waals surface area contributed by atoms with E-state index in [0.717, 1.165) is 5.16 Å². The smallest absolute Gasteiger partial charge is 0.321 e. The van der Waals surface area contributed by atoms with Crippen LogP contribution < -0.4 is 10.6 Å². The largest absolute Gasteiger partial charge is 0.341 e. The summed E-state index contributed by atoms with van der Waals surface area (Å²) in [6.07, 6.45) is 3.46. The molecule has 0 radical (unpaired) electrons. The SMILES string of the molecule is CNC(=O)NC(=O)[C@@H](C)Sc1nccn1C. The number of carbonyl (C=O) groups is 2. The molecule has 0 aliphatic rings. The van der Waals surface area contributed by atoms with Crippen LogP contribution in [0.3, 0.4) is 0 Å². The lowest BCUT2D eigenvalue weighted by atomic mass is 10.4. The predicted octanol–water partition coefficient (Wildman–Crippen LogP) is 0.356. The average Bonchev–Trinajstić information content (AvgIpc) is 2.64.